The molecule has 0 saturated carbocycles. The Balaban J connectivity index is 2.68. The normalized spacial score (nSPS) is 10.3. The second kappa shape index (κ2) is 2.73. The molecule has 0 saturated heterocycles. The minimum absolute atomic E-state index is 0.0841. The van der Waals surface area contributed by atoms with E-state index in [2.05, 4.69) is 3.98 Å². The van der Waals surface area contributed by atoms with Gasteiger partial charge in [0.05, 0.1) is 0 Å². The number of aromatic carboxylic acids is 1. The molecule has 60 valence electrons. The zero-order valence-electron chi connectivity index (χ0n) is 6.02. The summed E-state index contributed by atoms with van der Waals surface area (Å²) >= 11 is 0.0841. The van der Waals surface area contributed by atoms with Crippen LogP contribution < -0.4 is 0 Å². The molecule has 0 aliphatic heterocycles. The van der Waals surface area contributed by atoms with Crippen molar-refractivity contribution in [3.63, 3.8) is 0 Å². The Hall–Kier alpha value is -1.12. The average Bonchev–Trinajstić information content (AvgIpc) is 2.49. The van der Waals surface area contributed by atoms with Gasteiger partial charge in [0.1, 0.15) is 0 Å². The average molecular weight is 226 g/mol. The van der Waals surface area contributed by atoms with Gasteiger partial charge in [0.15, 0.2) is 0 Å². The SMILES string of the molecule is O=C(O)c1ccc2cn[se]c2c1. The van der Waals surface area contributed by atoms with Gasteiger partial charge >= 0.3 is 74.2 Å². The summed E-state index contributed by atoms with van der Waals surface area (Å²) in [5, 5.41) is 9.74. The molecular formula is C8H5NO2Se. The number of carboxylic acids is 1. The Labute approximate surface area is 74.6 Å². The van der Waals surface area contributed by atoms with Crippen LogP contribution in [0.4, 0.5) is 0 Å². The van der Waals surface area contributed by atoms with Gasteiger partial charge < -0.3 is 0 Å². The van der Waals surface area contributed by atoms with Gasteiger partial charge in [0.25, 0.3) is 0 Å². The van der Waals surface area contributed by atoms with Crippen molar-refractivity contribution in [2.75, 3.05) is 0 Å². The van der Waals surface area contributed by atoms with E-state index in [0.717, 1.165) is 9.65 Å². The molecule has 0 aliphatic carbocycles. The fourth-order valence-electron chi connectivity index (χ4n) is 0.993. The number of rotatable bonds is 1. The fourth-order valence-corrected chi connectivity index (χ4v) is 2.43. The van der Waals surface area contributed by atoms with Gasteiger partial charge in [-0.25, -0.2) is 0 Å². The van der Waals surface area contributed by atoms with Crippen LogP contribution >= 0.6 is 0 Å². The van der Waals surface area contributed by atoms with E-state index in [4.69, 9.17) is 5.11 Å². The molecule has 0 unspecified atom stereocenters. The number of benzene rings is 1. The van der Waals surface area contributed by atoms with Crippen molar-refractivity contribution in [3.8, 4) is 0 Å². The van der Waals surface area contributed by atoms with Gasteiger partial charge in [0, 0.05) is 0 Å². The third kappa shape index (κ3) is 1.15. The minimum atomic E-state index is -0.875. The molecule has 12 heavy (non-hydrogen) atoms. The van der Waals surface area contributed by atoms with E-state index in [1.54, 1.807) is 24.4 Å². The van der Waals surface area contributed by atoms with Crippen LogP contribution in [0.2, 0.25) is 0 Å². The first kappa shape index (κ1) is 7.52. The van der Waals surface area contributed by atoms with E-state index in [0.29, 0.717) is 5.56 Å². The molecule has 0 bridgehead atoms. The van der Waals surface area contributed by atoms with Crippen LogP contribution in [-0.4, -0.2) is 29.8 Å². The molecule has 3 nitrogen and oxygen atoms in total. The Morgan fingerprint density at radius 2 is 2.33 bits per heavy atom. The molecule has 0 spiro atoms. The van der Waals surface area contributed by atoms with E-state index in [1.165, 1.54) is 0 Å². The van der Waals surface area contributed by atoms with Gasteiger partial charge in [0.2, 0.25) is 0 Å². The summed E-state index contributed by atoms with van der Waals surface area (Å²) in [6, 6.07) is 5.11. The van der Waals surface area contributed by atoms with Crippen molar-refractivity contribution in [3.05, 3.63) is 30.0 Å². The summed E-state index contributed by atoms with van der Waals surface area (Å²) in [5.74, 6) is -0.875. The molecule has 0 amide bonds. The van der Waals surface area contributed by atoms with Crippen LogP contribution in [0.25, 0.3) is 9.65 Å². The molecule has 1 aromatic heterocycles. The second-order valence-corrected chi connectivity index (χ2v) is 4.13. The number of hydrogen-bond donors (Lipinski definition) is 1. The number of hydrogen-bond acceptors (Lipinski definition) is 2. The van der Waals surface area contributed by atoms with Crippen LogP contribution in [0.3, 0.4) is 0 Å². The van der Waals surface area contributed by atoms with Crippen molar-refractivity contribution >= 4 is 30.3 Å². The molecule has 2 rings (SSSR count). The summed E-state index contributed by atoms with van der Waals surface area (Å²) in [6.45, 7) is 0. The van der Waals surface area contributed by atoms with E-state index in [-0.39, 0.29) is 14.7 Å². The summed E-state index contributed by atoms with van der Waals surface area (Å²) in [6.07, 6.45) is 1.79. The summed E-state index contributed by atoms with van der Waals surface area (Å²) in [5.41, 5.74) is 0.348. The topological polar surface area (TPSA) is 50.2 Å². The van der Waals surface area contributed by atoms with Crippen LogP contribution in [0.5, 0.6) is 0 Å². The van der Waals surface area contributed by atoms with E-state index in [1.807, 2.05) is 0 Å². The number of carboxylic acid groups (broad SMARTS) is 1. The number of fused-ring (bicyclic) bond motifs is 1. The maximum atomic E-state index is 10.6. The monoisotopic (exact) mass is 227 g/mol. The Morgan fingerprint density at radius 3 is 3.08 bits per heavy atom. The van der Waals surface area contributed by atoms with E-state index >= 15 is 0 Å². The van der Waals surface area contributed by atoms with E-state index in [9.17, 15) is 4.79 Å². The van der Waals surface area contributed by atoms with Crippen molar-refractivity contribution in [2.24, 2.45) is 0 Å². The number of carbonyl (C=O) groups is 1. The number of nitrogens with zero attached hydrogens (tertiary/aromatic N) is 1. The Kier molecular flexibility index (Phi) is 1.71. The second-order valence-electron chi connectivity index (χ2n) is 2.38. The van der Waals surface area contributed by atoms with Crippen LogP contribution in [0.15, 0.2) is 24.4 Å². The van der Waals surface area contributed by atoms with Crippen LogP contribution in [0.1, 0.15) is 10.4 Å². The van der Waals surface area contributed by atoms with Gasteiger partial charge in [-0.1, -0.05) is 0 Å². The van der Waals surface area contributed by atoms with Crippen molar-refractivity contribution in [2.45, 2.75) is 0 Å². The fraction of sp³-hybridized carbons (Fsp3) is 0. The third-order valence-electron chi connectivity index (χ3n) is 1.60. The van der Waals surface area contributed by atoms with Gasteiger partial charge in [-0.15, -0.1) is 0 Å². The Bertz CT molecular complexity index is 435. The summed E-state index contributed by atoms with van der Waals surface area (Å²) in [7, 11) is 0. The zero-order chi connectivity index (χ0) is 8.55. The van der Waals surface area contributed by atoms with Crippen molar-refractivity contribution in [1.82, 2.24) is 3.98 Å². The van der Waals surface area contributed by atoms with Crippen LogP contribution in [0, 0.1) is 0 Å². The predicted octanol–water partition coefficient (Wildman–Crippen LogP) is 0.990. The molecular weight excluding hydrogens is 221 g/mol. The quantitative estimate of drug-likeness (QED) is 0.737. The molecule has 4 heteroatoms. The standard InChI is InChI=1S/C8H5NO2Se/c10-8(11)5-1-2-6-4-9-12-7(6)3-5/h1-4H,(H,10,11). The molecule has 0 radical (unpaired) electrons. The summed E-state index contributed by atoms with van der Waals surface area (Å²) in [4.78, 5) is 10.6. The van der Waals surface area contributed by atoms with E-state index < -0.39 is 5.97 Å². The molecule has 1 N–H and O–H groups in total. The van der Waals surface area contributed by atoms with Crippen molar-refractivity contribution in [1.29, 1.82) is 0 Å². The first-order chi connectivity index (χ1) is 5.77. The molecule has 0 aliphatic rings. The van der Waals surface area contributed by atoms with Crippen LogP contribution in [-0.2, 0) is 0 Å². The zero-order valence-corrected chi connectivity index (χ0v) is 7.73. The van der Waals surface area contributed by atoms with Gasteiger partial charge in [-0.2, -0.15) is 0 Å². The predicted molar refractivity (Wildman–Crippen MR) is 45.6 cm³/mol. The van der Waals surface area contributed by atoms with Gasteiger partial charge in [-0.3, -0.25) is 0 Å². The van der Waals surface area contributed by atoms with Gasteiger partial charge in [-0.05, 0) is 0 Å². The molecule has 1 heterocycles. The molecule has 0 fully saturated rings. The van der Waals surface area contributed by atoms with Crippen molar-refractivity contribution < 1.29 is 9.90 Å². The molecule has 0 atom stereocenters. The molecule has 2 aromatic rings. The third-order valence-corrected chi connectivity index (χ3v) is 3.20. The first-order valence-electron chi connectivity index (χ1n) is 3.35. The first-order valence-corrected chi connectivity index (χ1v) is 4.97. The number of aromatic nitrogens is 1. The molecule has 1 aromatic carbocycles. The Morgan fingerprint density at radius 1 is 1.50 bits per heavy atom. The maximum absolute atomic E-state index is 10.6. The summed E-state index contributed by atoms with van der Waals surface area (Å²) < 4.78 is 5.15.